The Morgan fingerprint density at radius 1 is 1.26 bits per heavy atom. The van der Waals surface area contributed by atoms with Gasteiger partial charge in [0.25, 0.3) is 11.7 Å². The van der Waals surface area contributed by atoms with E-state index in [1.807, 2.05) is 30.3 Å². The van der Waals surface area contributed by atoms with E-state index < -0.39 is 19.7 Å². The van der Waals surface area contributed by atoms with Crippen molar-refractivity contribution in [1.29, 1.82) is 0 Å². The molecule has 0 aliphatic heterocycles. The molecule has 1 heterocycles. The standard InChI is InChI=1S/C13H12NO4P/c15-13(11-7-4-8-18-11)14-12(19(16)17)9-10-5-2-1-3-6-10/h1-8,12H,9H2,(H-,14,15,16,17)/p+1. The predicted octanol–water partition coefficient (Wildman–Crippen LogP) is 2.31. The van der Waals surface area contributed by atoms with Gasteiger partial charge in [0.1, 0.15) is 0 Å². The summed E-state index contributed by atoms with van der Waals surface area (Å²) in [5.41, 5.74) is 0.879. The molecule has 2 atom stereocenters. The van der Waals surface area contributed by atoms with Gasteiger partial charge in [-0.2, -0.15) is 4.89 Å². The maximum Gasteiger partial charge on any atom is 0.531 e. The smallest absolute Gasteiger partial charge is 0.459 e. The predicted molar refractivity (Wildman–Crippen MR) is 69.9 cm³/mol. The van der Waals surface area contributed by atoms with Crippen LogP contribution in [0.1, 0.15) is 16.1 Å². The van der Waals surface area contributed by atoms with E-state index in [1.54, 1.807) is 6.07 Å². The van der Waals surface area contributed by atoms with Crippen molar-refractivity contribution >= 4 is 13.9 Å². The second-order valence-electron chi connectivity index (χ2n) is 3.96. The van der Waals surface area contributed by atoms with Crippen molar-refractivity contribution < 1.29 is 18.7 Å². The third kappa shape index (κ3) is 3.74. The van der Waals surface area contributed by atoms with E-state index in [0.717, 1.165) is 5.56 Å². The van der Waals surface area contributed by atoms with E-state index in [9.17, 15) is 14.3 Å². The van der Waals surface area contributed by atoms with Crippen LogP contribution in [0.4, 0.5) is 0 Å². The number of furan rings is 1. The van der Waals surface area contributed by atoms with E-state index in [-0.39, 0.29) is 5.76 Å². The normalized spacial score (nSPS) is 12.8. The summed E-state index contributed by atoms with van der Waals surface area (Å²) < 4.78 is 16.2. The van der Waals surface area contributed by atoms with Crippen LogP contribution in [-0.4, -0.2) is 16.6 Å². The summed E-state index contributed by atoms with van der Waals surface area (Å²) in [6.07, 6.45) is 1.67. The Bertz CT molecular complexity index is 553. The molecule has 6 heteroatoms. The number of carbonyl (C=O) groups excluding carboxylic acids is 1. The minimum absolute atomic E-state index is 0.120. The van der Waals surface area contributed by atoms with Gasteiger partial charge in [-0.25, -0.2) is 0 Å². The van der Waals surface area contributed by atoms with E-state index in [0.29, 0.717) is 6.42 Å². The van der Waals surface area contributed by atoms with Crippen LogP contribution in [0.2, 0.25) is 0 Å². The van der Waals surface area contributed by atoms with Crippen LogP contribution in [0.3, 0.4) is 0 Å². The largest absolute Gasteiger partial charge is 0.531 e. The third-order valence-corrected chi connectivity index (χ3v) is 3.43. The highest BCUT2D eigenvalue weighted by Crippen LogP contribution is 2.24. The molecular weight excluding hydrogens is 265 g/mol. The fourth-order valence-corrected chi connectivity index (χ4v) is 2.25. The first-order valence-electron chi connectivity index (χ1n) is 5.70. The number of amides is 1. The lowest BCUT2D eigenvalue weighted by Gasteiger charge is -2.06. The van der Waals surface area contributed by atoms with Crippen molar-refractivity contribution in [2.45, 2.75) is 12.2 Å². The summed E-state index contributed by atoms with van der Waals surface area (Å²) in [5, 5.41) is 2.50. The quantitative estimate of drug-likeness (QED) is 0.822. The number of hydrogen-bond acceptors (Lipinski definition) is 3. The zero-order valence-electron chi connectivity index (χ0n) is 10.0. The Hall–Kier alpha value is -1.97. The molecule has 0 spiro atoms. The first kappa shape index (κ1) is 13.5. The maximum absolute atomic E-state index is 11.8. The zero-order valence-corrected chi connectivity index (χ0v) is 10.9. The van der Waals surface area contributed by atoms with Crippen molar-refractivity contribution in [3.63, 3.8) is 0 Å². The Balaban J connectivity index is 2.05. The van der Waals surface area contributed by atoms with Gasteiger partial charge in [0, 0.05) is 6.42 Å². The van der Waals surface area contributed by atoms with Gasteiger partial charge in [0.05, 0.1) is 6.26 Å². The van der Waals surface area contributed by atoms with Crippen molar-refractivity contribution in [2.75, 3.05) is 0 Å². The monoisotopic (exact) mass is 278 g/mol. The summed E-state index contributed by atoms with van der Waals surface area (Å²) in [4.78, 5) is 21.1. The molecule has 1 amide bonds. The summed E-state index contributed by atoms with van der Waals surface area (Å²) in [5.74, 6) is -1.21. The van der Waals surface area contributed by atoms with E-state index in [2.05, 4.69) is 5.32 Å². The molecule has 0 bridgehead atoms. The minimum atomic E-state index is -2.52. The molecule has 19 heavy (non-hydrogen) atoms. The van der Waals surface area contributed by atoms with Gasteiger partial charge in [0.2, 0.25) is 0 Å². The molecule has 0 fully saturated rings. The molecule has 0 aliphatic carbocycles. The molecule has 2 N–H and O–H groups in total. The molecule has 0 aliphatic rings. The highest BCUT2D eigenvalue weighted by Gasteiger charge is 2.31. The van der Waals surface area contributed by atoms with Crippen LogP contribution < -0.4 is 5.32 Å². The summed E-state index contributed by atoms with van der Waals surface area (Å²) in [6.45, 7) is 0. The number of rotatable bonds is 5. The second-order valence-corrected chi connectivity index (χ2v) is 5.19. The minimum Gasteiger partial charge on any atom is -0.459 e. The summed E-state index contributed by atoms with van der Waals surface area (Å²) in [6, 6.07) is 12.3. The van der Waals surface area contributed by atoms with Gasteiger partial charge in [-0.3, -0.25) is 4.79 Å². The number of carbonyl (C=O) groups is 1. The molecule has 2 rings (SSSR count). The second kappa shape index (κ2) is 6.27. The van der Waals surface area contributed by atoms with Crippen LogP contribution in [0.25, 0.3) is 0 Å². The van der Waals surface area contributed by atoms with Crippen molar-refractivity contribution in [1.82, 2.24) is 5.32 Å². The van der Waals surface area contributed by atoms with Crippen molar-refractivity contribution in [3.8, 4) is 0 Å². The van der Waals surface area contributed by atoms with Crippen molar-refractivity contribution in [2.24, 2.45) is 0 Å². The molecule has 0 saturated heterocycles. The van der Waals surface area contributed by atoms with E-state index in [4.69, 9.17) is 4.42 Å². The fourth-order valence-electron chi connectivity index (χ4n) is 1.65. The van der Waals surface area contributed by atoms with Gasteiger partial charge in [-0.05, 0) is 22.3 Å². The molecule has 2 unspecified atom stereocenters. The van der Waals surface area contributed by atoms with Crippen LogP contribution in [0.5, 0.6) is 0 Å². The molecule has 1 aromatic carbocycles. The zero-order chi connectivity index (χ0) is 13.7. The average Bonchev–Trinajstić information content (AvgIpc) is 2.93. The Morgan fingerprint density at radius 2 is 2.00 bits per heavy atom. The number of hydrogen-bond donors (Lipinski definition) is 2. The molecule has 98 valence electrons. The molecule has 0 radical (unpaired) electrons. The highest BCUT2D eigenvalue weighted by molar-refractivity contribution is 7.38. The average molecular weight is 278 g/mol. The maximum atomic E-state index is 11.8. The highest BCUT2D eigenvalue weighted by atomic mass is 31.1. The summed E-state index contributed by atoms with van der Waals surface area (Å²) >= 11 is 0. The van der Waals surface area contributed by atoms with Gasteiger partial charge < -0.3 is 9.73 Å². The lowest BCUT2D eigenvalue weighted by Crippen LogP contribution is -2.33. The summed E-state index contributed by atoms with van der Waals surface area (Å²) in [7, 11) is -2.52. The Morgan fingerprint density at radius 3 is 2.58 bits per heavy atom. The molecule has 2 aromatic rings. The molecule has 5 nitrogen and oxygen atoms in total. The van der Waals surface area contributed by atoms with Gasteiger partial charge in [-0.1, -0.05) is 30.3 Å². The van der Waals surface area contributed by atoms with Gasteiger partial charge in [0.15, 0.2) is 5.76 Å². The first-order valence-corrected chi connectivity index (χ1v) is 6.98. The lowest BCUT2D eigenvalue weighted by molar-refractivity contribution is 0.0919. The Kier molecular flexibility index (Phi) is 4.44. The fraction of sp³-hybridized carbons (Fsp3) is 0.154. The lowest BCUT2D eigenvalue weighted by atomic mass is 10.1. The van der Waals surface area contributed by atoms with Crippen LogP contribution in [0, 0.1) is 0 Å². The van der Waals surface area contributed by atoms with Crippen LogP contribution in [0.15, 0.2) is 53.1 Å². The third-order valence-electron chi connectivity index (χ3n) is 2.58. The SMILES string of the molecule is O=C(NC(Cc1ccccc1)[P+](=O)O)c1ccco1. The van der Waals surface area contributed by atoms with Gasteiger partial charge in [-0.15, -0.1) is 0 Å². The van der Waals surface area contributed by atoms with Gasteiger partial charge >= 0.3 is 8.03 Å². The molecular formula is C13H13NO4P+. The number of benzene rings is 1. The number of nitrogens with one attached hydrogen (secondary N) is 1. The first-order chi connectivity index (χ1) is 9.16. The van der Waals surface area contributed by atoms with Crippen LogP contribution >= 0.6 is 8.03 Å². The van der Waals surface area contributed by atoms with Crippen molar-refractivity contribution in [3.05, 3.63) is 60.1 Å². The van der Waals surface area contributed by atoms with E-state index in [1.165, 1.54) is 12.3 Å². The molecule has 1 aromatic heterocycles. The molecule has 0 saturated carbocycles. The van der Waals surface area contributed by atoms with Crippen LogP contribution in [-0.2, 0) is 11.0 Å². The van der Waals surface area contributed by atoms with E-state index >= 15 is 0 Å². The Labute approximate surface area is 111 Å². The topological polar surface area (TPSA) is 79.5 Å².